The zero-order valence-electron chi connectivity index (χ0n) is 17.4. The first-order chi connectivity index (χ1) is 14.2. The van der Waals surface area contributed by atoms with Crippen LogP contribution in [-0.4, -0.2) is 63.8 Å². The highest BCUT2D eigenvalue weighted by atomic mass is 16.5. The Hall–Kier alpha value is -2.73. The van der Waals surface area contributed by atoms with Gasteiger partial charge in [-0.3, -0.25) is 9.69 Å². The van der Waals surface area contributed by atoms with Gasteiger partial charge in [0.2, 0.25) is 0 Å². The number of amides is 1. The lowest BCUT2D eigenvalue weighted by molar-refractivity contribution is -0.123. The number of hydrogen-bond acceptors (Lipinski definition) is 5. The van der Waals surface area contributed by atoms with Gasteiger partial charge in [0.1, 0.15) is 11.5 Å². The van der Waals surface area contributed by atoms with E-state index < -0.39 is 0 Å². The average molecular weight is 398 g/mol. The van der Waals surface area contributed by atoms with Gasteiger partial charge in [0, 0.05) is 32.7 Å². The summed E-state index contributed by atoms with van der Waals surface area (Å²) in [4.78, 5) is 16.7. The largest absolute Gasteiger partial charge is 0.495 e. The summed E-state index contributed by atoms with van der Waals surface area (Å²) < 4.78 is 11.0. The molecule has 0 atom stereocenters. The minimum absolute atomic E-state index is 0.0562. The Labute approximate surface area is 173 Å². The van der Waals surface area contributed by atoms with Gasteiger partial charge in [-0.2, -0.15) is 0 Å². The van der Waals surface area contributed by atoms with Crippen LogP contribution in [0.4, 0.5) is 5.69 Å². The third-order valence-electron chi connectivity index (χ3n) is 5.16. The van der Waals surface area contributed by atoms with Crippen LogP contribution in [-0.2, 0) is 4.79 Å². The fourth-order valence-electron chi connectivity index (χ4n) is 3.47. The second kappa shape index (κ2) is 10.7. The van der Waals surface area contributed by atoms with Gasteiger partial charge in [0.05, 0.1) is 12.8 Å². The van der Waals surface area contributed by atoms with Crippen molar-refractivity contribution in [2.24, 2.45) is 0 Å². The summed E-state index contributed by atoms with van der Waals surface area (Å²) in [5, 5.41) is 2.94. The first-order valence-electron chi connectivity index (χ1n) is 10.2. The number of carbonyl (C=O) groups is 1. The Morgan fingerprint density at radius 2 is 1.76 bits per heavy atom. The van der Waals surface area contributed by atoms with Crippen LogP contribution in [0.15, 0.2) is 48.5 Å². The molecule has 29 heavy (non-hydrogen) atoms. The molecule has 1 aliphatic rings. The van der Waals surface area contributed by atoms with E-state index in [1.165, 1.54) is 5.56 Å². The Kier molecular flexibility index (Phi) is 7.76. The maximum absolute atomic E-state index is 11.9. The van der Waals surface area contributed by atoms with Crippen LogP contribution in [0.3, 0.4) is 0 Å². The molecule has 1 amide bonds. The lowest BCUT2D eigenvalue weighted by Crippen LogP contribution is -2.47. The van der Waals surface area contributed by atoms with Crippen molar-refractivity contribution in [3.63, 3.8) is 0 Å². The molecule has 0 radical (unpaired) electrons. The molecule has 0 unspecified atom stereocenters. The molecule has 2 aromatic carbocycles. The van der Waals surface area contributed by atoms with Crippen LogP contribution in [0.5, 0.6) is 11.5 Å². The summed E-state index contributed by atoms with van der Waals surface area (Å²) in [5.74, 6) is 1.57. The molecule has 3 rings (SSSR count). The lowest BCUT2D eigenvalue weighted by Gasteiger charge is -2.36. The molecule has 156 valence electrons. The van der Waals surface area contributed by atoms with Crippen LogP contribution < -0.4 is 19.7 Å². The molecule has 1 N–H and O–H groups in total. The average Bonchev–Trinajstić information content (AvgIpc) is 2.77. The Balaban J connectivity index is 1.29. The zero-order valence-corrected chi connectivity index (χ0v) is 17.4. The zero-order chi connectivity index (χ0) is 20.5. The number of carbonyl (C=O) groups excluding carboxylic acids is 1. The number of piperazine rings is 1. The maximum Gasteiger partial charge on any atom is 0.257 e. The Morgan fingerprint density at radius 1 is 1.03 bits per heavy atom. The number of nitrogens with one attached hydrogen (secondary N) is 1. The van der Waals surface area contributed by atoms with E-state index in [-0.39, 0.29) is 12.5 Å². The van der Waals surface area contributed by atoms with Crippen LogP contribution in [0.25, 0.3) is 0 Å². The van der Waals surface area contributed by atoms with Gasteiger partial charge >= 0.3 is 0 Å². The van der Waals surface area contributed by atoms with Gasteiger partial charge in [0.15, 0.2) is 6.61 Å². The Morgan fingerprint density at radius 3 is 2.48 bits per heavy atom. The minimum atomic E-state index is -0.0773. The molecule has 1 heterocycles. The van der Waals surface area contributed by atoms with Gasteiger partial charge in [-0.05, 0) is 44.2 Å². The fraction of sp³-hybridized carbons (Fsp3) is 0.435. The molecule has 0 aromatic heterocycles. The van der Waals surface area contributed by atoms with Gasteiger partial charge in [0.25, 0.3) is 5.91 Å². The molecular formula is C23H31N3O3. The predicted molar refractivity (Wildman–Crippen MR) is 116 cm³/mol. The lowest BCUT2D eigenvalue weighted by atomic mass is 10.2. The predicted octanol–water partition coefficient (Wildman–Crippen LogP) is 2.71. The molecule has 0 saturated carbocycles. The van der Waals surface area contributed by atoms with Crippen molar-refractivity contribution in [1.29, 1.82) is 0 Å². The smallest absolute Gasteiger partial charge is 0.257 e. The highest BCUT2D eigenvalue weighted by Gasteiger charge is 2.19. The van der Waals surface area contributed by atoms with E-state index in [0.717, 1.165) is 56.3 Å². The second-order valence-electron chi connectivity index (χ2n) is 7.31. The van der Waals surface area contributed by atoms with Gasteiger partial charge in [-0.1, -0.05) is 29.8 Å². The van der Waals surface area contributed by atoms with E-state index in [1.807, 2.05) is 43.3 Å². The highest BCUT2D eigenvalue weighted by Crippen LogP contribution is 2.28. The maximum atomic E-state index is 11.9. The molecule has 6 heteroatoms. The van der Waals surface area contributed by atoms with E-state index in [2.05, 4.69) is 27.2 Å². The third-order valence-corrected chi connectivity index (χ3v) is 5.16. The number of rotatable bonds is 9. The summed E-state index contributed by atoms with van der Waals surface area (Å²) in [6.45, 7) is 7.73. The summed E-state index contributed by atoms with van der Waals surface area (Å²) >= 11 is 0. The van der Waals surface area contributed by atoms with Crippen LogP contribution in [0, 0.1) is 6.92 Å². The second-order valence-corrected chi connectivity index (χ2v) is 7.31. The minimum Gasteiger partial charge on any atom is -0.495 e. The summed E-state index contributed by atoms with van der Waals surface area (Å²) in [5.41, 5.74) is 2.33. The first kappa shape index (κ1) is 21.0. The van der Waals surface area contributed by atoms with Gasteiger partial charge in [-0.25, -0.2) is 0 Å². The molecule has 0 spiro atoms. The van der Waals surface area contributed by atoms with Crippen LogP contribution in [0.2, 0.25) is 0 Å². The third kappa shape index (κ3) is 6.39. The van der Waals surface area contributed by atoms with E-state index in [4.69, 9.17) is 9.47 Å². The molecule has 2 aromatic rings. The van der Waals surface area contributed by atoms with Crippen LogP contribution >= 0.6 is 0 Å². The number of methoxy groups -OCH3 is 1. The fourth-order valence-corrected chi connectivity index (χ4v) is 3.47. The SMILES string of the molecule is COc1ccccc1N1CCN(CCCNC(=O)COc2ccc(C)cc2)CC1. The standard InChI is InChI=1S/C23H31N3O3/c1-19-8-10-20(11-9-19)29-18-23(27)24-12-5-13-25-14-16-26(17-15-25)21-6-3-4-7-22(21)28-2/h3-4,6-11H,5,12-18H2,1-2H3,(H,24,27). The number of anilines is 1. The number of ether oxygens (including phenoxy) is 2. The van der Waals surface area contributed by atoms with Crippen molar-refractivity contribution in [2.75, 3.05) is 57.9 Å². The van der Waals surface area contributed by atoms with E-state index in [1.54, 1.807) is 7.11 Å². The molecule has 0 bridgehead atoms. The molecule has 1 saturated heterocycles. The van der Waals surface area contributed by atoms with E-state index >= 15 is 0 Å². The van der Waals surface area contributed by atoms with E-state index in [0.29, 0.717) is 6.54 Å². The van der Waals surface area contributed by atoms with Gasteiger partial charge in [-0.15, -0.1) is 0 Å². The molecule has 6 nitrogen and oxygen atoms in total. The number of aryl methyl sites for hydroxylation is 1. The molecular weight excluding hydrogens is 366 g/mol. The normalized spacial score (nSPS) is 14.5. The molecule has 1 fully saturated rings. The van der Waals surface area contributed by atoms with Gasteiger partial charge < -0.3 is 19.7 Å². The number of nitrogens with zero attached hydrogens (tertiary/aromatic N) is 2. The number of benzene rings is 2. The topological polar surface area (TPSA) is 54.0 Å². The summed E-state index contributed by atoms with van der Waals surface area (Å²) in [6, 6.07) is 15.9. The molecule has 0 aliphatic carbocycles. The van der Waals surface area contributed by atoms with Crippen molar-refractivity contribution in [3.8, 4) is 11.5 Å². The molecule has 1 aliphatic heterocycles. The van der Waals surface area contributed by atoms with Crippen LogP contribution in [0.1, 0.15) is 12.0 Å². The monoisotopic (exact) mass is 397 g/mol. The Bertz CT molecular complexity index is 771. The van der Waals surface area contributed by atoms with Crippen molar-refractivity contribution in [1.82, 2.24) is 10.2 Å². The van der Waals surface area contributed by atoms with E-state index in [9.17, 15) is 4.79 Å². The summed E-state index contributed by atoms with van der Waals surface area (Å²) in [7, 11) is 1.72. The van der Waals surface area contributed by atoms with Crippen molar-refractivity contribution >= 4 is 11.6 Å². The van der Waals surface area contributed by atoms with Crippen molar-refractivity contribution < 1.29 is 14.3 Å². The highest BCUT2D eigenvalue weighted by molar-refractivity contribution is 5.77. The quantitative estimate of drug-likeness (QED) is 0.660. The van der Waals surface area contributed by atoms with Crippen molar-refractivity contribution in [3.05, 3.63) is 54.1 Å². The summed E-state index contributed by atoms with van der Waals surface area (Å²) in [6.07, 6.45) is 0.935. The number of para-hydroxylation sites is 2. The van der Waals surface area contributed by atoms with Crippen molar-refractivity contribution in [2.45, 2.75) is 13.3 Å². The first-order valence-corrected chi connectivity index (χ1v) is 10.2. The number of hydrogen-bond donors (Lipinski definition) is 1.